The van der Waals surface area contributed by atoms with E-state index in [1.807, 2.05) is 30.3 Å². The van der Waals surface area contributed by atoms with Crippen molar-refractivity contribution in [2.75, 3.05) is 19.6 Å². The molecule has 0 aliphatic rings. The maximum Gasteiger partial charge on any atom is 0.319 e. The predicted molar refractivity (Wildman–Crippen MR) is 83.1 cm³/mol. The predicted octanol–water partition coefficient (Wildman–Crippen LogP) is 2.73. The van der Waals surface area contributed by atoms with Gasteiger partial charge in [0, 0.05) is 5.69 Å². The van der Waals surface area contributed by atoms with E-state index >= 15 is 0 Å². The van der Waals surface area contributed by atoms with E-state index in [1.165, 1.54) is 20.3 Å². The maximum absolute atomic E-state index is 11.3. The molecule has 2 rings (SSSR count). The van der Waals surface area contributed by atoms with Gasteiger partial charge >= 0.3 is 5.69 Å². The highest BCUT2D eigenvalue weighted by Gasteiger charge is 2.24. The zero-order valence-electron chi connectivity index (χ0n) is 12.3. The number of para-hydroxylation sites is 1. The van der Waals surface area contributed by atoms with Crippen molar-refractivity contribution in [3.63, 3.8) is 0 Å². The van der Waals surface area contributed by atoms with Crippen LogP contribution in [0.5, 0.6) is 11.5 Å². The Hall–Kier alpha value is -2.80. The van der Waals surface area contributed by atoms with Gasteiger partial charge in [0.15, 0.2) is 5.75 Å². The summed E-state index contributed by atoms with van der Waals surface area (Å²) in [5.74, 6) is 0.622. The molecule has 7 heteroatoms. The third-order valence-electron chi connectivity index (χ3n) is 3.10. The van der Waals surface area contributed by atoms with Gasteiger partial charge in [0.25, 0.3) is 0 Å². The third kappa shape index (κ3) is 3.44. The lowest BCUT2D eigenvalue weighted by Gasteiger charge is -2.13. The van der Waals surface area contributed by atoms with Gasteiger partial charge in [-0.2, -0.15) is 0 Å². The summed E-state index contributed by atoms with van der Waals surface area (Å²) in [5.41, 5.74) is 7.09. The fraction of sp³-hybridized carbons (Fsp3) is 0.200. The van der Waals surface area contributed by atoms with Crippen LogP contribution in [0, 0.1) is 10.1 Å². The molecule has 0 aromatic heterocycles. The van der Waals surface area contributed by atoms with Crippen molar-refractivity contribution in [1.82, 2.24) is 5.43 Å². The number of nitrogens with one attached hydrogen (secondary N) is 2. The number of hydrazine groups is 1. The Labute approximate surface area is 128 Å². The van der Waals surface area contributed by atoms with Gasteiger partial charge in [0.2, 0.25) is 0 Å². The first kappa shape index (κ1) is 15.6. The van der Waals surface area contributed by atoms with Crippen molar-refractivity contribution in [1.29, 1.82) is 0 Å². The summed E-state index contributed by atoms with van der Waals surface area (Å²) in [5, 5.41) is 11.3. The lowest BCUT2D eigenvalue weighted by atomic mass is 10.1. The first-order valence-electron chi connectivity index (χ1n) is 6.59. The van der Waals surface area contributed by atoms with Crippen molar-refractivity contribution in [3.8, 4) is 11.5 Å². The zero-order chi connectivity index (χ0) is 15.9. The molecule has 2 aromatic carbocycles. The van der Waals surface area contributed by atoms with E-state index in [4.69, 9.17) is 9.47 Å². The summed E-state index contributed by atoms with van der Waals surface area (Å²) in [6.07, 6.45) is 0. The molecule has 0 radical (unpaired) electrons. The van der Waals surface area contributed by atoms with Crippen LogP contribution in [0.1, 0.15) is 5.56 Å². The van der Waals surface area contributed by atoms with Gasteiger partial charge in [-0.3, -0.25) is 10.1 Å². The molecule has 0 saturated carbocycles. The molecule has 0 amide bonds. The lowest BCUT2D eigenvalue weighted by Crippen LogP contribution is -2.22. The topological polar surface area (TPSA) is 85.7 Å². The van der Waals surface area contributed by atoms with Crippen molar-refractivity contribution >= 4 is 11.4 Å². The molecule has 0 fully saturated rings. The van der Waals surface area contributed by atoms with Crippen LogP contribution in [-0.2, 0) is 6.54 Å². The average molecular weight is 303 g/mol. The van der Waals surface area contributed by atoms with E-state index in [2.05, 4.69) is 10.9 Å². The second-order valence-electron chi connectivity index (χ2n) is 4.40. The van der Waals surface area contributed by atoms with Gasteiger partial charge in [0.1, 0.15) is 5.75 Å². The number of nitro groups is 1. The summed E-state index contributed by atoms with van der Waals surface area (Å²) in [6, 6.07) is 12.6. The highest BCUT2D eigenvalue weighted by Crippen LogP contribution is 2.36. The van der Waals surface area contributed by atoms with Crippen LogP contribution >= 0.6 is 0 Å². The summed E-state index contributed by atoms with van der Waals surface area (Å²) in [4.78, 5) is 10.9. The molecule has 116 valence electrons. The molecule has 0 heterocycles. The minimum Gasteiger partial charge on any atom is -0.496 e. The second-order valence-corrected chi connectivity index (χ2v) is 4.40. The number of ether oxygens (including phenoxy) is 2. The van der Waals surface area contributed by atoms with Crippen LogP contribution in [0.2, 0.25) is 0 Å². The van der Waals surface area contributed by atoms with Gasteiger partial charge in [-0.05, 0) is 24.3 Å². The van der Waals surface area contributed by atoms with Crippen LogP contribution in [0.3, 0.4) is 0 Å². The first-order valence-corrected chi connectivity index (χ1v) is 6.59. The maximum atomic E-state index is 11.3. The van der Waals surface area contributed by atoms with Crippen LogP contribution < -0.4 is 20.3 Å². The van der Waals surface area contributed by atoms with Crippen molar-refractivity contribution in [2.45, 2.75) is 6.54 Å². The molecule has 2 aromatic rings. The minimum atomic E-state index is -0.471. The molecule has 0 spiro atoms. The fourth-order valence-corrected chi connectivity index (χ4v) is 2.08. The van der Waals surface area contributed by atoms with Crippen LogP contribution in [0.15, 0.2) is 42.5 Å². The SMILES string of the molecule is COc1ccc(OC)c([N+](=O)[O-])c1CNNc1ccccc1. The number of anilines is 1. The Bertz CT molecular complexity index is 647. The molecule has 0 saturated heterocycles. The molecule has 0 atom stereocenters. The molecule has 0 bridgehead atoms. The van der Waals surface area contributed by atoms with Crippen molar-refractivity contribution in [2.24, 2.45) is 0 Å². The molecule has 7 nitrogen and oxygen atoms in total. The van der Waals surface area contributed by atoms with Gasteiger partial charge in [-0.25, -0.2) is 5.43 Å². The molecule has 22 heavy (non-hydrogen) atoms. The van der Waals surface area contributed by atoms with E-state index in [9.17, 15) is 10.1 Å². The number of hydrogen-bond acceptors (Lipinski definition) is 6. The van der Waals surface area contributed by atoms with Gasteiger partial charge in [-0.15, -0.1) is 0 Å². The largest absolute Gasteiger partial charge is 0.496 e. The number of methoxy groups -OCH3 is 2. The molecule has 2 N–H and O–H groups in total. The Morgan fingerprint density at radius 2 is 1.68 bits per heavy atom. The fourth-order valence-electron chi connectivity index (χ4n) is 2.08. The number of nitrogens with zero attached hydrogens (tertiary/aromatic N) is 1. The van der Waals surface area contributed by atoms with E-state index in [0.29, 0.717) is 11.3 Å². The normalized spacial score (nSPS) is 10.1. The van der Waals surface area contributed by atoms with Crippen molar-refractivity contribution < 1.29 is 14.4 Å². The second kappa shape index (κ2) is 7.28. The number of hydrogen-bond donors (Lipinski definition) is 2. The molecule has 0 aliphatic carbocycles. The van der Waals surface area contributed by atoms with E-state index in [0.717, 1.165) is 5.69 Å². The standard InChI is InChI=1S/C15H17N3O4/c1-21-13-8-9-14(22-2)15(18(19)20)12(13)10-16-17-11-6-4-3-5-7-11/h3-9,16-17H,10H2,1-2H3. The summed E-state index contributed by atoms with van der Waals surface area (Å²) in [6.45, 7) is 0.200. The van der Waals surface area contributed by atoms with Crippen LogP contribution in [0.25, 0.3) is 0 Å². The van der Waals surface area contributed by atoms with Crippen LogP contribution in [-0.4, -0.2) is 19.1 Å². The summed E-state index contributed by atoms with van der Waals surface area (Å²) < 4.78 is 10.3. The van der Waals surface area contributed by atoms with E-state index in [-0.39, 0.29) is 18.0 Å². The quantitative estimate of drug-likeness (QED) is 0.604. The molecular formula is C15H17N3O4. The number of nitro benzene ring substituents is 1. The highest BCUT2D eigenvalue weighted by molar-refractivity contribution is 5.59. The number of rotatable bonds is 7. The Balaban J connectivity index is 2.22. The molecular weight excluding hydrogens is 286 g/mol. The smallest absolute Gasteiger partial charge is 0.319 e. The van der Waals surface area contributed by atoms with E-state index in [1.54, 1.807) is 6.07 Å². The molecule has 0 unspecified atom stereocenters. The van der Waals surface area contributed by atoms with Gasteiger partial charge < -0.3 is 14.9 Å². The number of benzene rings is 2. The first-order chi connectivity index (χ1) is 10.7. The summed E-state index contributed by atoms with van der Waals surface area (Å²) >= 11 is 0. The van der Waals surface area contributed by atoms with Crippen molar-refractivity contribution in [3.05, 3.63) is 58.1 Å². The monoisotopic (exact) mass is 303 g/mol. The van der Waals surface area contributed by atoms with Gasteiger partial charge in [-0.1, -0.05) is 18.2 Å². The Morgan fingerprint density at radius 1 is 1.05 bits per heavy atom. The Kier molecular flexibility index (Phi) is 5.16. The lowest BCUT2D eigenvalue weighted by molar-refractivity contribution is -0.386. The minimum absolute atomic E-state index is 0.107. The molecule has 0 aliphatic heterocycles. The van der Waals surface area contributed by atoms with Crippen LogP contribution in [0.4, 0.5) is 11.4 Å². The third-order valence-corrected chi connectivity index (χ3v) is 3.10. The zero-order valence-corrected chi connectivity index (χ0v) is 12.3. The van der Waals surface area contributed by atoms with Gasteiger partial charge in [0.05, 0.1) is 31.3 Å². The highest BCUT2D eigenvalue weighted by atomic mass is 16.6. The average Bonchev–Trinajstić information content (AvgIpc) is 2.54. The summed E-state index contributed by atoms with van der Waals surface area (Å²) in [7, 11) is 2.87. The van der Waals surface area contributed by atoms with E-state index < -0.39 is 4.92 Å². The Morgan fingerprint density at radius 3 is 2.27 bits per heavy atom.